The van der Waals surface area contributed by atoms with E-state index >= 15 is 0 Å². The van der Waals surface area contributed by atoms with Gasteiger partial charge < -0.3 is 0 Å². The minimum Gasteiger partial charge on any atom is -0.0940 e. The molecule has 1 fully saturated rings. The Balaban J connectivity index is 2.15. The summed E-state index contributed by atoms with van der Waals surface area (Å²) in [6.45, 7) is 0.696. The first-order valence-electron chi connectivity index (χ1n) is 4.94. The smallest absolute Gasteiger partial charge is 0.0260 e. The van der Waals surface area contributed by atoms with Crippen LogP contribution >= 0.6 is 0 Å². The fourth-order valence-corrected chi connectivity index (χ4v) is 1.94. The van der Waals surface area contributed by atoms with Crippen LogP contribution in [0.3, 0.4) is 0 Å². The van der Waals surface area contributed by atoms with Crippen LogP contribution in [-0.2, 0) is 0 Å². The molecular weight excluding hydrogens is 150 g/mol. The summed E-state index contributed by atoms with van der Waals surface area (Å²) in [7, 11) is 0. The summed E-state index contributed by atoms with van der Waals surface area (Å²) >= 11 is 0. The minimum absolute atomic E-state index is 0.696. The first kappa shape index (κ1) is 9.40. The third kappa shape index (κ3) is 3.63. The van der Waals surface area contributed by atoms with Crippen LogP contribution in [0.5, 0.6) is 0 Å². The molecule has 0 heterocycles. The van der Waals surface area contributed by atoms with Crippen LogP contribution in [0, 0.1) is 5.92 Å². The molecule has 1 aliphatic carbocycles. The van der Waals surface area contributed by atoms with Gasteiger partial charge in [-0.05, 0) is 17.9 Å². The van der Waals surface area contributed by atoms with E-state index in [-0.39, 0.29) is 0 Å². The summed E-state index contributed by atoms with van der Waals surface area (Å²) in [5.74, 6) is 0.831. The van der Waals surface area contributed by atoms with Gasteiger partial charge in [-0.2, -0.15) is 0 Å². The van der Waals surface area contributed by atoms with Crippen LogP contribution in [0.4, 0.5) is 0 Å². The molecule has 0 aliphatic heterocycles. The van der Waals surface area contributed by atoms with E-state index in [1.165, 1.54) is 38.5 Å². The van der Waals surface area contributed by atoms with Gasteiger partial charge in [-0.3, -0.25) is 0 Å². The molecule has 0 aromatic carbocycles. The van der Waals surface area contributed by atoms with Gasteiger partial charge in [0.2, 0.25) is 0 Å². The molecule has 0 amide bonds. The molecule has 1 saturated carbocycles. The second-order valence-electron chi connectivity index (χ2n) is 3.60. The molecule has 3 heteroatoms. The van der Waals surface area contributed by atoms with Crippen molar-refractivity contribution in [3.63, 3.8) is 0 Å². The fraction of sp³-hybridized carbons (Fsp3) is 1.00. The predicted octanol–water partition coefficient (Wildman–Crippen LogP) is 3.66. The van der Waals surface area contributed by atoms with Gasteiger partial charge in [0.05, 0.1) is 0 Å². The molecule has 0 bridgehead atoms. The highest BCUT2D eigenvalue weighted by Crippen LogP contribution is 2.25. The molecule has 0 saturated heterocycles. The summed E-state index contributed by atoms with van der Waals surface area (Å²) in [4.78, 5) is 2.77. The monoisotopic (exact) mass is 167 g/mol. The van der Waals surface area contributed by atoms with Crippen LogP contribution < -0.4 is 0 Å². The van der Waals surface area contributed by atoms with Gasteiger partial charge in [-0.15, -0.1) is 0 Å². The standard InChI is InChI=1S/C9H17N3/c10-12-11-8-7-9-5-3-1-2-4-6-9/h9H,1-8H2. The van der Waals surface area contributed by atoms with Crippen LogP contribution in [-0.4, -0.2) is 6.54 Å². The third-order valence-corrected chi connectivity index (χ3v) is 2.68. The second kappa shape index (κ2) is 5.90. The summed E-state index contributed by atoms with van der Waals surface area (Å²) in [6.07, 6.45) is 9.35. The van der Waals surface area contributed by atoms with Gasteiger partial charge in [-0.1, -0.05) is 43.6 Å². The number of hydrogen-bond donors (Lipinski definition) is 0. The lowest BCUT2D eigenvalue weighted by Gasteiger charge is -2.10. The van der Waals surface area contributed by atoms with E-state index in [0.29, 0.717) is 6.54 Å². The molecule has 0 spiro atoms. The summed E-state index contributed by atoms with van der Waals surface area (Å²) in [5, 5.41) is 3.58. The largest absolute Gasteiger partial charge is 0.0940 e. The van der Waals surface area contributed by atoms with Gasteiger partial charge in [0.15, 0.2) is 0 Å². The average Bonchev–Trinajstić information content (AvgIpc) is 2.33. The highest BCUT2D eigenvalue weighted by atomic mass is 15.1. The number of nitrogens with zero attached hydrogens (tertiary/aromatic N) is 3. The van der Waals surface area contributed by atoms with Gasteiger partial charge in [-0.25, -0.2) is 0 Å². The highest BCUT2D eigenvalue weighted by Gasteiger charge is 2.10. The van der Waals surface area contributed by atoms with Gasteiger partial charge in [0.1, 0.15) is 0 Å². The van der Waals surface area contributed by atoms with E-state index in [1.807, 2.05) is 0 Å². The van der Waals surface area contributed by atoms with Crippen LogP contribution in [0.25, 0.3) is 10.4 Å². The van der Waals surface area contributed by atoms with E-state index in [9.17, 15) is 0 Å². The van der Waals surface area contributed by atoms with Gasteiger partial charge in [0, 0.05) is 11.5 Å². The second-order valence-corrected chi connectivity index (χ2v) is 3.60. The molecule has 1 rings (SSSR count). The molecule has 0 radical (unpaired) electrons. The summed E-state index contributed by atoms with van der Waals surface area (Å²) in [5.41, 5.74) is 8.11. The molecule has 0 atom stereocenters. The minimum atomic E-state index is 0.696. The van der Waals surface area contributed by atoms with Crippen molar-refractivity contribution in [2.24, 2.45) is 11.0 Å². The van der Waals surface area contributed by atoms with Crippen molar-refractivity contribution >= 4 is 0 Å². The van der Waals surface area contributed by atoms with Crippen molar-refractivity contribution in [1.29, 1.82) is 0 Å². The summed E-state index contributed by atoms with van der Waals surface area (Å²) < 4.78 is 0. The van der Waals surface area contributed by atoms with E-state index in [0.717, 1.165) is 12.3 Å². The predicted molar refractivity (Wildman–Crippen MR) is 49.8 cm³/mol. The number of hydrogen-bond acceptors (Lipinski definition) is 1. The van der Waals surface area contributed by atoms with E-state index < -0.39 is 0 Å². The Bertz CT molecular complexity index is 153. The topological polar surface area (TPSA) is 48.8 Å². The van der Waals surface area contributed by atoms with E-state index in [1.54, 1.807) is 0 Å². The van der Waals surface area contributed by atoms with Crippen molar-refractivity contribution in [1.82, 2.24) is 0 Å². The molecule has 12 heavy (non-hydrogen) atoms. The molecule has 0 unspecified atom stereocenters. The van der Waals surface area contributed by atoms with Crippen molar-refractivity contribution in [2.75, 3.05) is 6.54 Å². The molecule has 0 aromatic heterocycles. The number of rotatable bonds is 3. The molecule has 0 N–H and O–H groups in total. The Morgan fingerprint density at radius 2 is 1.83 bits per heavy atom. The molecule has 3 nitrogen and oxygen atoms in total. The van der Waals surface area contributed by atoms with Crippen molar-refractivity contribution in [3.05, 3.63) is 10.4 Å². The van der Waals surface area contributed by atoms with E-state index in [4.69, 9.17) is 5.53 Å². The average molecular weight is 167 g/mol. The zero-order valence-electron chi connectivity index (χ0n) is 7.58. The fourth-order valence-electron chi connectivity index (χ4n) is 1.94. The summed E-state index contributed by atoms with van der Waals surface area (Å²) in [6, 6.07) is 0. The Kier molecular flexibility index (Phi) is 4.62. The van der Waals surface area contributed by atoms with E-state index in [2.05, 4.69) is 10.0 Å². The Morgan fingerprint density at radius 1 is 1.17 bits per heavy atom. The lowest BCUT2D eigenvalue weighted by Crippen LogP contribution is -1.99. The van der Waals surface area contributed by atoms with Crippen molar-refractivity contribution in [3.8, 4) is 0 Å². The molecule has 0 aromatic rings. The van der Waals surface area contributed by atoms with Crippen LogP contribution in [0.1, 0.15) is 44.9 Å². The third-order valence-electron chi connectivity index (χ3n) is 2.68. The maximum absolute atomic E-state index is 8.11. The first-order valence-corrected chi connectivity index (χ1v) is 4.94. The molecular formula is C9H17N3. The zero-order valence-corrected chi connectivity index (χ0v) is 7.58. The molecule has 1 aliphatic rings. The van der Waals surface area contributed by atoms with Crippen molar-refractivity contribution < 1.29 is 0 Å². The molecule has 68 valence electrons. The normalized spacial score (nSPS) is 19.7. The SMILES string of the molecule is [N-]=[N+]=NCCC1CCCCCC1. The Morgan fingerprint density at radius 3 is 2.42 bits per heavy atom. The lowest BCUT2D eigenvalue weighted by atomic mass is 9.97. The maximum atomic E-state index is 8.11. The first-order chi connectivity index (χ1) is 5.93. The highest BCUT2D eigenvalue weighted by molar-refractivity contribution is 4.65. The Hall–Kier alpha value is -0.690. The zero-order chi connectivity index (χ0) is 8.65. The quantitative estimate of drug-likeness (QED) is 0.266. The Labute approximate surface area is 73.8 Å². The van der Waals surface area contributed by atoms with Gasteiger partial charge in [0.25, 0.3) is 0 Å². The van der Waals surface area contributed by atoms with Crippen molar-refractivity contribution in [2.45, 2.75) is 44.9 Å². The maximum Gasteiger partial charge on any atom is 0.0260 e. The lowest BCUT2D eigenvalue weighted by molar-refractivity contribution is 0.434. The van der Waals surface area contributed by atoms with Gasteiger partial charge >= 0.3 is 0 Å². The van der Waals surface area contributed by atoms with Crippen LogP contribution in [0.2, 0.25) is 0 Å². The number of azide groups is 1. The van der Waals surface area contributed by atoms with Crippen LogP contribution in [0.15, 0.2) is 5.11 Å².